The highest BCUT2D eigenvalue weighted by Crippen LogP contribution is 2.27. The van der Waals surface area contributed by atoms with Crippen molar-refractivity contribution in [1.82, 2.24) is 20.2 Å². The Morgan fingerprint density at radius 1 is 1.14 bits per heavy atom. The zero-order valence-corrected chi connectivity index (χ0v) is 13.3. The number of aryl methyl sites for hydroxylation is 1. The Kier molecular flexibility index (Phi) is 3.47. The second-order valence-corrected chi connectivity index (χ2v) is 5.72. The number of hydrogen-bond donors (Lipinski definition) is 1. The summed E-state index contributed by atoms with van der Waals surface area (Å²) in [6, 6.07) is 11.7. The van der Waals surface area contributed by atoms with Gasteiger partial charge in [-0.2, -0.15) is 4.68 Å². The number of nitrogens with zero attached hydrogens (tertiary/aromatic N) is 4. The van der Waals surface area contributed by atoms with Gasteiger partial charge in [0.1, 0.15) is 0 Å². The van der Waals surface area contributed by atoms with Crippen LogP contribution in [0, 0.1) is 13.8 Å². The van der Waals surface area contributed by atoms with E-state index < -0.39 is 0 Å². The van der Waals surface area contributed by atoms with Gasteiger partial charge in [-0.3, -0.25) is 0 Å². The van der Waals surface area contributed by atoms with Crippen LogP contribution in [0.2, 0.25) is 0 Å². The number of benzene rings is 2. The molecule has 5 nitrogen and oxygen atoms in total. The van der Waals surface area contributed by atoms with Crippen molar-refractivity contribution >= 4 is 21.6 Å². The second-order valence-electron chi connectivity index (χ2n) is 4.87. The van der Waals surface area contributed by atoms with Crippen molar-refractivity contribution in [2.24, 2.45) is 0 Å². The molecule has 0 saturated carbocycles. The maximum atomic E-state index is 5.98. The molecule has 2 aromatic carbocycles. The lowest BCUT2D eigenvalue weighted by Crippen LogP contribution is -2.02. The molecule has 0 radical (unpaired) electrons. The first-order valence-corrected chi connectivity index (χ1v) is 7.27. The first-order valence-electron chi connectivity index (χ1n) is 6.48. The van der Waals surface area contributed by atoms with Crippen LogP contribution in [0.15, 0.2) is 40.9 Å². The van der Waals surface area contributed by atoms with E-state index in [1.807, 2.05) is 50.2 Å². The van der Waals surface area contributed by atoms with E-state index in [1.54, 1.807) is 4.68 Å². The fourth-order valence-corrected chi connectivity index (χ4v) is 2.43. The Morgan fingerprint density at radius 2 is 1.95 bits per heavy atom. The molecular formula is C15H14BrN5. The van der Waals surface area contributed by atoms with Crippen molar-refractivity contribution in [1.29, 1.82) is 0 Å². The SMILES string of the molecule is Cc1cc(-n2nnnc2-c2cccc(N)c2C)ccc1Br. The van der Waals surface area contributed by atoms with Gasteiger partial charge in [0.25, 0.3) is 0 Å². The van der Waals surface area contributed by atoms with Crippen LogP contribution >= 0.6 is 15.9 Å². The molecule has 0 aliphatic rings. The van der Waals surface area contributed by atoms with Crippen LogP contribution < -0.4 is 5.73 Å². The van der Waals surface area contributed by atoms with Gasteiger partial charge in [0.15, 0.2) is 5.82 Å². The molecule has 2 N–H and O–H groups in total. The average Bonchev–Trinajstić information content (AvgIpc) is 2.94. The van der Waals surface area contributed by atoms with E-state index in [-0.39, 0.29) is 0 Å². The molecule has 21 heavy (non-hydrogen) atoms. The average molecular weight is 344 g/mol. The van der Waals surface area contributed by atoms with E-state index in [0.29, 0.717) is 5.82 Å². The molecule has 0 bridgehead atoms. The summed E-state index contributed by atoms with van der Waals surface area (Å²) >= 11 is 3.50. The summed E-state index contributed by atoms with van der Waals surface area (Å²) < 4.78 is 2.78. The molecule has 0 fully saturated rings. The van der Waals surface area contributed by atoms with Crippen LogP contribution in [0.5, 0.6) is 0 Å². The van der Waals surface area contributed by atoms with Crippen molar-refractivity contribution in [3.63, 3.8) is 0 Å². The van der Waals surface area contributed by atoms with Gasteiger partial charge in [0.05, 0.1) is 5.69 Å². The zero-order valence-electron chi connectivity index (χ0n) is 11.7. The van der Waals surface area contributed by atoms with Gasteiger partial charge >= 0.3 is 0 Å². The maximum Gasteiger partial charge on any atom is 0.187 e. The molecule has 0 atom stereocenters. The number of halogens is 1. The van der Waals surface area contributed by atoms with Gasteiger partial charge in [-0.25, -0.2) is 0 Å². The van der Waals surface area contributed by atoms with Crippen LogP contribution in [-0.4, -0.2) is 20.2 Å². The lowest BCUT2D eigenvalue weighted by Gasteiger charge is -2.09. The molecule has 1 heterocycles. The maximum absolute atomic E-state index is 5.98. The Bertz CT molecular complexity index is 810. The predicted molar refractivity (Wildman–Crippen MR) is 86.2 cm³/mol. The Balaban J connectivity index is 2.17. The summed E-state index contributed by atoms with van der Waals surface area (Å²) in [5, 5.41) is 12.1. The van der Waals surface area contributed by atoms with Crippen LogP contribution in [0.25, 0.3) is 17.1 Å². The van der Waals surface area contributed by atoms with E-state index in [1.165, 1.54) is 0 Å². The molecule has 0 aliphatic carbocycles. The Labute approximate surface area is 130 Å². The number of hydrogen-bond acceptors (Lipinski definition) is 4. The molecule has 0 saturated heterocycles. The zero-order chi connectivity index (χ0) is 15.0. The highest BCUT2D eigenvalue weighted by Gasteiger charge is 2.14. The number of aromatic nitrogens is 4. The first-order chi connectivity index (χ1) is 10.1. The minimum absolute atomic E-state index is 0.682. The third-order valence-electron chi connectivity index (χ3n) is 3.47. The molecule has 106 valence electrons. The molecule has 3 aromatic rings. The summed E-state index contributed by atoms with van der Waals surface area (Å²) in [6.45, 7) is 4.00. The van der Waals surface area contributed by atoms with Gasteiger partial charge in [-0.05, 0) is 59.7 Å². The summed E-state index contributed by atoms with van der Waals surface area (Å²) in [5.41, 5.74) is 10.6. The van der Waals surface area contributed by atoms with E-state index >= 15 is 0 Å². The van der Waals surface area contributed by atoms with Gasteiger partial charge in [-0.15, -0.1) is 5.10 Å². The molecule has 1 aromatic heterocycles. The highest BCUT2D eigenvalue weighted by atomic mass is 79.9. The fraction of sp³-hybridized carbons (Fsp3) is 0.133. The first kappa shape index (κ1) is 13.8. The van der Waals surface area contributed by atoms with Crippen molar-refractivity contribution < 1.29 is 0 Å². The summed E-state index contributed by atoms with van der Waals surface area (Å²) in [7, 11) is 0. The molecule has 6 heteroatoms. The van der Waals surface area contributed by atoms with E-state index in [4.69, 9.17) is 5.73 Å². The minimum Gasteiger partial charge on any atom is -0.398 e. The third kappa shape index (κ3) is 2.42. The van der Waals surface area contributed by atoms with Gasteiger partial charge in [0, 0.05) is 15.7 Å². The monoisotopic (exact) mass is 343 g/mol. The molecule has 0 aliphatic heterocycles. The fourth-order valence-electron chi connectivity index (χ4n) is 2.19. The lowest BCUT2D eigenvalue weighted by molar-refractivity contribution is 0.790. The number of nitrogens with two attached hydrogens (primary N) is 1. The number of nitrogen functional groups attached to an aromatic ring is 1. The molecule has 3 rings (SSSR count). The molecule has 0 amide bonds. The van der Waals surface area contributed by atoms with Gasteiger partial charge in [-0.1, -0.05) is 28.1 Å². The van der Waals surface area contributed by atoms with Crippen molar-refractivity contribution in [2.45, 2.75) is 13.8 Å². The van der Waals surface area contributed by atoms with Crippen LogP contribution in [-0.2, 0) is 0 Å². The largest absolute Gasteiger partial charge is 0.398 e. The van der Waals surface area contributed by atoms with Crippen molar-refractivity contribution in [3.8, 4) is 17.1 Å². The van der Waals surface area contributed by atoms with Crippen molar-refractivity contribution in [2.75, 3.05) is 5.73 Å². The number of tetrazole rings is 1. The van der Waals surface area contributed by atoms with Crippen LogP contribution in [0.1, 0.15) is 11.1 Å². The van der Waals surface area contributed by atoms with E-state index in [0.717, 1.165) is 32.5 Å². The lowest BCUT2D eigenvalue weighted by atomic mass is 10.1. The third-order valence-corrected chi connectivity index (χ3v) is 4.36. The predicted octanol–water partition coefficient (Wildman–Crippen LogP) is 3.29. The topological polar surface area (TPSA) is 69.6 Å². The summed E-state index contributed by atoms with van der Waals surface area (Å²) in [6.07, 6.45) is 0. The summed E-state index contributed by atoms with van der Waals surface area (Å²) in [4.78, 5) is 0. The quantitative estimate of drug-likeness (QED) is 0.725. The molecule has 0 spiro atoms. The van der Waals surface area contributed by atoms with Gasteiger partial charge < -0.3 is 5.73 Å². The molecule has 0 unspecified atom stereocenters. The number of anilines is 1. The highest BCUT2D eigenvalue weighted by molar-refractivity contribution is 9.10. The standard InChI is InChI=1S/C15H14BrN5/c1-9-8-11(6-7-13(9)16)21-15(18-19-20-21)12-4-3-5-14(17)10(12)2/h3-8H,17H2,1-2H3. The normalized spacial score (nSPS) is 10.8. The second kappa shape index (κ2) is 5.29. The van der Waals surface area contributed by atoms with Gasteiger partial charge in [0.2, 0.25) is 0 Å². The van der Waals surface area contributed by atoms with E-state index in [9.17, 15) is 0 Å². The smallest absolute Gasteiger partial charge is 0.187 e. The Hall–Kier alpha value is -2.21. The summed E-state index contributed by atoms with van der Waals surface area (Å²) in [5.74, 6) is 0.682. The molecular weight excluding hydrogens is 330 g/mol. The van der Waals surface area contributed by atoms with E-state index in [2.05, 4.69) is 31.5 Å². The minimum atomic E-state index is 0.682. The van der Waals surface area contributed by atoms with Crippen molar-refractivity contribution in [3.05, 3.63) is 52.0 Å². The Morgan fingerprint density at radius 3 is 2.71 bits per heavy atom. The number of rotatable bonds is 2. The van der Waals surface area contributed by atoms with Crippen LogP contribution in [0.4, 0.5) is 5.69 Å². The van der Waals surface area contributed by atoms with Crippen LogP contribution in [0.3, 0.4) is 0 Å².